The summed E-state index contributed by atoms with van der Waals surface area (Å²) in [4.78, 5) is 0. The van der Waals surface area contributed by atoms with Crippen LogP contribution in [-0.2, 0) is 0 Å². The number of benzene rings is 1. The number of halogens is 3. The second-order valence-corrected chi connectivity index (χ2v) is 4.36. The van der Waals surface area contributed by atoms with Gasteiger partial charge in [-0.2, -0.15) is 0 Å². The maximum Gasteiger partial charge on any atom is 0.0925 e. The van der Waals surface area contributed by atoms with Crippen LogP contribution in [0.4, 0.5) is 0 Å². The summed E-state index contributed by atoms with van der Waals surface area (Å²) < 4.78 is 1.89. The van der Waals surface area contributed by atoms with Crippen molar-refractivity contribution in [3.8, 4) is 0 Å². The standard InChI is InChI=1S/C8H7Br2ClO/c9-6-2-1-5(3-7(6)10)8(12)4-11/h1-3,8,12H,4H2/t8-/m1/s1. The van der Waals surface area contributed by atoms with Gasteiger partial charge in [0.1, 0.15) is 0 Å². The van der Waals surface area contributed by atoms with Gasteiger partial charge in [-0.3, -0.25) is 0 Å². The first-order valence-corrected chi connectivity index (χ1v) is 5.46. The van der Waals surface area contributed by atoms with E-state index in [0.717, 1.165) is 14.5 Å². The van der Waals surface area contributed by atoms with Crippen LogP contribution in [-0.4, -0.2) is 11.0 Å². The summed E-state index contributed by atoms with van der Waals surface area (Å²) in [6.07, 6.45) is -0.587. The summed E-state index contributed by atoms with van der Waals surface area (Å²) in [6, 6.07) is 5.55. The number of rotatable bonds is 2. The van der Waals surface area contributed by atoms with Crippen LogP contribution in [0.3, 0.4) is 0 Å². The fourth-order valence-corrected chi connectivity index (χ4v) is 1.63. The number of aliphatic hydroxyl groups is 1. The summed E-state index contributed by atoms with van der Waals surface area (Å²) in [7, 11) is 0. The topological polar surface area (TPSA) is 20.2 Å². The molecule has 0 aliphatic rings. The van der Waals surface area contributed by atoms with E-state index in [4.69, 9.17) is 11.6 Å². The van der Waals surface area contributed by atoms with Crippen molar-refractivity contribution in [2.24, 2.45) is 0 Å². The molecule has 0 bridgehead atoms. The zero-order chi connectivity index (χ0) is 9.14. The van der Waals surface area contributed by atoms with Crippen LogP contribution in [0.1, 0.15) is 11.7 Å². The summed E-state index contributed by atoms with van der Waals surface area (Å²) in [5.41, 5.74) is 0.820. The fraction of sp³-hybridized carbons (Fsp3) is 0.250. The van der Waals surface area contributed by atoms with Gasteiger partial charge in [-0.05, 0) is 49.6 Å². The van der Waals surface area contributed by atoms with E-state index in [0.29, 0.717) is 0 Å². The minimum Gasteiger partial charge on any atom is -0.387 e. The summed E-state index contributed by atoms with van der Waals surface area (Å²) in [6.45, 7) is 0. The molecule has 0 spiro atoms. The third-order valence-electron chi connectivity index (χ3n) is 1.47. The van der Waals surface area contributed by atoms with Crippen molar-refractivity contribution in [3.05, 3.63) is 32.7 Å². The third-order valence-corrected chi connectivity index (χ3v) is 3.65. The van der Waals surface area contributed by atoms with E-state index in [1.54, 1.807) is 0 Å². The van der Waals surface area contributed by atoms with E-state index in [1.807, 2.05) is 18.2 Å². The van der Waals surface area contributed by atoms with E-state index in [1.165, 1.54) is 0 Å². The van der Waals surface area contributed by atoms with Crippen molar-refractivity contribution in [2.75, 3.05) is 5.88 Å². The maximum atomic E-state index is 9.38. The minimum atomic E-state index is -0.587. The van der Waals surface area contributed by atoms with Gasteiger partial charge in [0.25, 0.3) is 0 Å². The number of hydrogen-bond acceptors (Lipinski definition) is 1. The predicted octanol–water partition coefficient (Wildman–Crippen LogP) is 3.48. The van der Waals surface area contributed by atoms with Crippen molar-refractivity contribution in [3.63, 3.8) is 0 Å². The highest BCUT2D eigenvalue weighted by molar-refractivity contribution is 9.13. The molecule has 0 fully saturated rings. The molecule has 0 aliphatic heterocycles. The van der Waals surface area contributed by atoms with Crippen LogP contribution in [0.15, 0.2) is 27.1 Å². The molecule has 1 N–H and O–H groups in total. The van der Waals surface area contributed by atoms with Crippen LogP contribution in [0.2, 0.25) is 0 Å². The Bertz CT molecular complexity index is 278. The summed E-state index contributed by atoms with van der Waals surface area (Å²) in [5.74, 6) is 0.216. The van der Waals surface area contributed by atoms with Crippen molar-refractivity contribution >= 4 is 43.5 Å². The molecular formula is C8H7Br2ClO. The van der Waals surface area contributed by atoms with Gasteiger partial charge in [0.05, 0.1) is 12.0 Å². The molecule has 0 aromatic heterocycles. The van der Waals surface area contributed by atoms with Gasteiger partial charge in [-0.1, -0.05) is 6.07 Å². The highest BCUT2D eigenvalue weighted by Gasteiger charge is 2.06. The van der Waals surface area contributed by atoms with Crippen molar-refractivity contribution in [1.82, 2.24) is 0 Å². The molecule has 0 radical (unpaired) electrons. The molecule has 12 heavy (non-hydrogen) atoms. The normalized spacial score (nSPS) is 13.0. The smallest absolute Gasteiger partial charge is 0.0925 e. The van der Waals surface area contributed by atoms with E-state index in [9.17, 15) is 5.11 Å². The molecule has 1 aromatic rings. The Morgan fingerprint density at radius 2 is 2.00 bits per heavy atom. The quantitative estimate of drug-likeness (QED) is 0.829. The van der Waals surface area contributed by atoms with Gasteiger partial charge in [0.15, 0.2) is 0 Å². The highest BCUT2D eigenvalue weighted by atomic mass is 79.9. The van der Waals surface area contributed by atoms with Gasteiger partial charge >= 0.3 is 0 Å². The Kier molecular flexibility index (Phi) is 4.03. The molecule has 4 heteroatoms. The monoisotopic (exact) mass is 312 g/mol. The Balaban J connectivity index is 2.96. The number of hydrogen-bond donors (Lipinski definition) is 1. The minimum absolute atomic E-state index is 0.216. The third kappa shape index (κ3) is 2.46. The fourth-order valence-electron chi connectivity index (χ4n) is 0.809. The predicted molar refractivity (Wildman–Crippen MR) is 57.5 cm³/mol. The zero-order valence-electron chi connectivity index (χ0n) is 6.10. The first-order valence-electron chi connectivity index (χ1n) is 3.34. The average molecular weight is 314 g/mol. The maximum absolute atomic E-state index is 9.38. The first kappa shape index (κ1) is 10.5. The number of alkyl halides is 1. The average Bonchev–Trinajstić information content (AvgIpc) is 2.08. The molecule has 0 heterocycles. The van der Waals surface area contributed by atoms with Gasteiger partial charge in [0.2, 0.25) is 0 Å². The molecule has 1 aromatic carbocycles. The molecule has 1 rings (SSSR count). The first-order chi connectivity index (χ1) is 5.65. The van der Waals surface area contributed by atoms with Crippen molar-refractivity contribution in [1.29, 1.82) is 0 Å². The molecule has 1 nitrogen and oxygen atoms in total. The molecule has 0 unspecified atom stereocenters. The molecule has 0 saturated heterocycles. The Labute approximate surface area is 93.0 Å². The SMILES string of the molecule is O[C@H](CCl)c1ccc(Br)c(Br)c1. The van der Waals surface area contributed by atoms with Crippen molar-refractivity contribution < 1.29 is 5.11 Å². The second-order valence-electron chi connectivity index (χ2n) is 2.34. The molecule has 0 aliphatic carbocycles. The van der Waals surface area contributed by atoms with Gasteiger partial charge in [0, 0.05) is 8.95 Å². The lowest BCUT2D eigenvalue weighted by atomic mass is 10.1. The molecule has 0 saturated carbocycles. The lowest BCUT2D eigenvalue weighted by Crippen LogP contribution is -1.97. The van der Waals surface area contributed by atoms with E-state index in [-0.39, 0.29) is 5.88 Å². The van der Waals surface area contributed by atoms with E-state index < -0.39 is 6.10 Å². The largest absolute Gasteiger partial charge is 0.387 e. The molecule has 66 valence electrons. The van der Waals surface area contributed by atoms with Gasteiger partial charge in [-0.15, -0.1) is 11.6 Å². The van der Waals surface area contributed by atoms with E-state index >= 15 is 0 Å². The lowest BCUT2D eigenvalue weighted by Gasteiger charge is -2.07. The van der Waals surface area contributed by atoms with Crippen LogP contribution >= 0.6 is 43.5 Å². The molecule has 1 atom stereocenters. The lowest BCUT2D eigenvalue weighted by molar-refractivity contribution is 0.202. The van der Waals surface area contributed by atoms with Crippen molar-refractivity contribution in [2.45, 2.75) is 6.10 Å². The zero-order valence-corrected chi connectivity index (χ0v) is 10.0. The number of aliphatic hydroxyl groups excluding tert-OH is 1. The van der Waals surface area contributed by atoms with Crippen LogP contribution in [0.5, 0.6) is 0 Å². The summed E-state index contributed by atoms with van der Waals surface area (Å²) >= 11 is 12.2. The van der Waals surface area contributed by atoms with Crippen LogP contribution < -0.4 is 0 Å². The Morgan fingerprint density at radius 3 is 2.50 bits per heavy atom. The highest BCUT2D eigenvalue weighted by Crippen LogP contribution is 2.26. The molecule has 0 amide bonds. The van der Waals surface area contributed by atoms with Crippen LogP contribution in [0.25, 0.3) is 0 Å². The van der Waals surface area contributed by atoms with Crippen LogP contribution in [0, 0.1) is 0 Å². The Morgan fingerprint density at radius 1 is 1.33 bits per heavy atom. The summed E-state index contributed by atoms with van der Waals surface area (Å²) in [5, 5.41) is 9.38. The second kappa shape index (κ2) is 4.61. The van der Waals surface area contributed by atoms with E-state index in [2.05, 4.69) is 31.9 Å². The Hall–Kier alpha value is 0.430. The van der Waals surface area contributed by atoms with Gasteiger partial charge in [-0.25, -0.2) is 0 Å². The van der Waals surface area contributed by atoms with Gasteiger partial charge < -0.3 is 5.11 Å². The molecular weight excluding hydrogens is 307 g/mol.